The van der Waals surface area contributed by atoms with E-state index in [1.54, 1.807) is 0 Å². The van der Waals surface area contributed by atoms with Gasteiger partial charge in [0.1, 0.15) is 0 Å². The number of amides is 2. The number of fused-ring (bicyclic) bond motifs is 1. The number of hydrogen-bond acceptors (Lipinski definition) is 3. The summed E-state index contributed by atoms with van der Waals surface area (Å²) in [5.41, 5.74) is 6.39. The molecule has 0 radical (unpaired) electrons. The number of carbonyl (C=O) groups is 2. The molecule has 0 saturated carbocycles. The van der Waals surface area contributed by atoms with Crippen LogP contribution in [-0.2, 0) is 16.0 Å². The van der Waals surface area contributed by atoms with E-state index in [4.69, 9.17) is 0 Å². The highest BCUT2D eigenvalue weighted by molar-refractivity contribution is 5.95. The number of anilines is 2. The Bertz CT molecular complexity index is 1360. The summed E-state index contributed by atoms with van der Waals surface area (Å²) in [6, 6.07) is 24.5. The Morgan fingerprint density at radius 1 is 1.03 bits per heavy atom. The number of H-pyrrole nitrogens is 1. The largest absolute Gasteiger partial charge is 0.378 e. The van der Waals surface area contributed by atoms with E-state index in [1.165, 1.54) is 10.9 Å². The van der Waals surface area contributed by atoms with E-state index in [0.717, 1.165) is 41.0 Å². The van der Waals surface area contributed by atoms with Crippen LogP contribution in [0.25, 0.3) is 10.9 Å². The van der Waals surface area contributed by atoms with E-state index in [-0.39, 0.29) is 17.7 Å². The van der Waals surface area contributed by atoms with Gasteiger partial charge < -0.3 is 20.1 Å². The number of nitrogens with zero attached hydrogens (tertiary/aromatic N) is 2. The number of nitrogens with one attached hydrogen (secondary N) is 2. The molecule has 1 saturated heterocycles. The average molecular weight is 481 g/mol. The fraction of sp³-hybridized carbons (Fsp3) is 0.267. The Morgan fingerprint density at radius 2 is 1.78 bits per heavy atom. The number of rotatable bonds is 8. The second-order valence-electron chi connectivity index (χ2n) is 9.62. The van der Waals surface area contributed by atoms with Crippen molar-refractivity contribution in [2.45, 2.75) is 25.2 Å². The van der Waals surface area contributed by atoms with Gasteiger partial charge in [-0.15, -0.1) is 0 Å². The molecule has 4 aromatic rings. The number of carbonyl (C=O) groups excluding carboxylic acids is 2. The minimum Gasteiger partial charge on any atom is -0.378 e. The molecule has 2 heterocycles. The summed E-state index contributed by atoms with van der Waals surface area (Å²) in [7, 11) is 4.06. The number of hydrogen-bond donors (Lipinski definition) is 2. The van der Waals surface area contributed by atoms with Crippen LogP contribution in [0, 0.1) is 0 Å². The van der Waals surface area contributed by atoms with Crippen molar-refractivity contribution in [1.82, 2.24) is 10.3 Å². The van der Waals surface area contributed by atoms with Crippen LogP contribution in [0.2, 0.25) is 0 Å². The predicted octanol–water partition coefficient (Wildman–Crippen LogP) is 4.85. The summed E-state index contributed by atoms with van der Waals surface area (Å²) in [5.74, 6) is 0.169. The van der Waals surface area contributed by atoms with E-state index in [2.05, 4.69) is 57.8 Å². The molecule has 1 aromatic heterocycles. The highest BCUT2D eigenvalue weighted by Crippen LogP contribution is 2.31. The van der Waals surface area contributed by atoms with E-state index in [1.807, 2.05) is 55.4 Å². The zero-order chi connectivity index (χ0) is 25.1. The molecule has 0 spiro atoms. The maximum Gasteiger partial charge on any atom is 0.227 e. The Balaban J connectivity index is 1.31. The quantitative estimate of drug-likeness (QED) is 0.379. The molecule has 1 atom stereocenters. The topological polar surface area (TPSA) is 68.4 Å². The van der Waals surface area contributed by atoms with Gasteiger partial charge in [-0.05, 0) is 53.4 Å². The summed E-state index contributed by atoms with van der Waals surface area (Å²) in [6.07, 6.45) is 3.87. The Labute approximate surface area is 211 Å². The van der Waals surface area contributed by atoms with Gasteiger partial charge in [0.15, 0.2) is 0 Å². The molecule has 1 aliphatic rings. The van der Waals surface area contributed by atoms with Crippen molar-refractivity contribution in [3.8, 4) is 0 Å². The van der Waals surface area contributed by atoms with Gasteiger partial charge in [0.05, 0.1) is 6.42 Å². The Kier molecular flexibility index (Phi) is 6.76. The first kappa shape index (κ1) is 23.7. The summed E-state index contributed by atoms with van der Waals surface area (Å²) in [5, 5.41) is 4.34. The van der Waals surface area contributed by atoms with Crippen LogP contribution in [0.3, 0.4) is 0 Å². The monoisotopic (exact) mass is 480 g/mol. The van der Waals surface area contributed by atoms with E-state index >= 15 is 0 Å². The van der Waals surface area contributed by atoms with Crippen molar-refractivity contribution in [3.63, 3.8) is 0 Å². The third-order valence-electron chi connectivity index (χ3n) is 7.00. The van der Waals surface area contributed by atoms with Gasteiger partial charge >= 0.3 is 0 Å². The Hall–Kier alpha value is -4.06. The summed E-state index contributed by atoms with van der Waals surface area (Å²) >= 11 is 0. The zero-order valence-corrected chi connectivity index (χ0v) is 20.8. The van der Waals surface area contributed by atoms with Crippen LogP contribution in [-0.4, -0.2) is 44.0 Å². The molecule has 6 heteroatoms. The number of aromatic nitrogens is 1. The molecule has 0 unspecified atom stereocenters. The van der Waals surface area contributed by atoms with Crippen molar-refractivity contribution >= 4 is 34.1 Å². The molecule has 1 fully saturated rings. The average Bonchev–Trinajstić information content (AvgIpc) is 3.51. The molecule has 2 amide bonds. The normalized spacial score (nSPS) is 14.3. The van der Waals surface area contributed by atoms with E-state index in [9.17, 15) is 9.59 Å². The predicted molar refractivity (Wildman–Crippen MR) is 146 cm³/mol. The fourth-order valence-corrected chi connectivity index (χ4v) is 4.97. The first-order valence-corrected chi connectivity index (χ1v) is 12.5. The minimum atomic E-state index is -0.0187. The highest BCUT2D eigenvalue weighted by Gasteiger charge is 2.22. The molecule has 0 aliphatic carbocycles. The summed E-state index contributed by atoms with van der Waals surface area (Å²) in [6.45, 7) is 1.27. The maximum absolute atomic E-state index is 12.9. The van der Waals surface area contributed by atoms with E-state index < -0.39 is 0 Å². The molecule has 5 rings (SSSR count). The lowest BCUT2D eigenvalue weighted by Gasteiger charge is -2.20. The molecule has 36 heavy (non-hydrogen) atoms. The number of aromatic amines is 1. The molecular formula is C30H32N4O2. The van der Waals surface area contributed by atoms with Crippen molar-refractivity contribution in [2.24, 2.45) is 0 Å². The van der Waals surface area contributed by atoms with Crippen LogP contribution in [0.1, 0.15) is 35.4 Å². The van der Waals surface area contributed by atoms with Crippen molar-refractivity contribution < 1.29 is 9.59 Å². The van der Waals surface area contributed by atoms with Gasteiger partial charge in [-0.1, -0.05) is 42.5 Å². The molecule has 6 nitrogen and oxygen atoms in total. The van der Waals surface area contributed by atoms with Gasteiger partial charge in [-0.3, -0.25) is 9.59 Å². The molecule has 3 aromatic carbocycles. The molecule has 184 valence electrons. The molecule has 0 bridgehead atoms. The van der Waals surface area contributed by atoms with Gasteiger partial charge in [0.25, 0.3) is 0 Å². The third-order valence-corrected chi connectivity index (χ3v) is 7.00. The van der Waals surface area contributed by atoms with Gasteiger partial charge in [-0.25, -0.2) is 0 Å². The van der Waals surface area contributed by atoms with Crippen LogP contribution >= 0.6 is 0 Å². The van der Waals surface area contributed by atoms with Crippen molar-refractivity contribution in [2.75, 3.05) is 37.0 Å². The summed E-state index contributed by atoms with van der Waals surface area (Å²) in [4.78, 5) is 32.2. The van der Waals surface area contributed by atoms with Crippen molar-refractivity contribution in [1.29, 1.82) is 0 Å². The van der Waals surface area contributed by atoms with Crippen LogP contribution < -0.4 is 15.1 Å². The molecule has 1 aliphatic heterocycles. The third kappa shape index (κ3) is 4.98. The minimum absolute atomic E-state index is 0.0184. The second kappa shape index (κ2) is 10.3. The van der Waals surface area contributed by atoms with Gasteiger partial charge in [-0.2, -0.15) is 0 Å². The zero-order valence-electron chi connectivity index (χ0n) is 20.8. The number of benzene rings is 3. The second-order valence-corrected chi connectivity index (χ2v) is 9.62. The lowest BCUT2D eigenvalue weighted by atomic mass is 9.90. The number of para-hydroxylation sites is 1. The summed E-state index contributed by atoms with van der Waals surface area (Å²) < 4.78 is 0. The van der Waals surface area contributed by atoms with Crippen LogP contribution in [0.4, 0.5) is 11.4 Å². The Morgan fingerprint density at radius 3 is 2.47 bits per heavy atom. The van der Waals surface area contributed by atoms with E-state index in [0.29, 0.717) is 19.4 Å². The maximum atomic E-state index is 12.9. The van der Waals surface area contributed by atoms with Crippen LogP contribution in [0.15, 0.2) is 79.0 Å². The van der Waals surface area contributed by atoms with Crippen molar-refractivity contribution in [3.05, 3.63) is 95.7 Å². The SMILES string of the molecule is CN(C)c1ccc([C@H](CNC(=O)Cc2ccc(N3CCCC3=O)cc2)c2c[nH]c3ccccc23)cc1. The first-order valence-electron chi connectivity index (χ1n) is 12.5. The van der Waals surface area contributed by atoms with Crippen LogP contribution in [0.5, 0.6) is 0 Å². The lowest BCUT2D eigenvalue weighted by molar-refractivity contribution is -0.120. The highest BCUT2D eigenvalue weighted by atomic mass is 16.2. The molecule has 2 N–H and O–H groups in total. The molecular weight excluding hydrogens is 448 g/mol. The lowest BCUT2D eigenvalue weighted by Crippen LogP contribution is -2.30. The van der Waals surface area contributed by atoms with Gasteiger partial charge in [0, 0.05) is 68.0 Å². The smallest absolute Gasteiger partial charge is 0.227 e. The standard InChI is InChI=1S/C30H32N4O2/c1-33(2)23-15-11-22(12-16-23)26(27-20-31-28-7-4-3-6-25(27)28)19-32-29(35)18-21-9-13-24(14-10-21)34-17-5-8-30(34)36/h3-4,6-7,9-16,20,26,31H,5,8,17-19H2,1-2H3,(H,32,35)/t26-/m0/s1. The first-order chi connectivity index (χ1) is 17.5. The van der Waals surface area contributed by atoms with Gasteiger partial charge in [0.2, 0.25) is 11.8 Å². The fourth-order valence-electron chi connectivity index (χ4n) is 4.97.